The van der Waals surface area contributed by atoms with Gasteiger partial charge in [0.1, 0.15) is 0 Å². The van der Waals surface area contributed by atoms with E-state index in [1.165, 1.54) is 19.3 Å². The maximum Gasteiger partial charge on any atom is 0.225 e. The summed E-state index contributed by atoms with van der Waals surface area (Å²) in [6.45, 7) is 5.56. The molecular weight excluding hydrogens is 469 g/mol. The van der Waals surface area contributed by atoms with E-state index >= 15 is 0 Å². The number of hydrogen-bond acceptors (Lipinski definition) is 3. The molecule has 0 aromatic carbocycles. The summed E-state index contributed by atoms with van der Waals surface area (Å²) in [6, 6.07) is 0.247. The van der Waals surface area contributed by atoms with Crippen LogP contribution in [0.2, 0.25) is 0 Å². The Labute approximate surface area is 185 Å². The molecular formula is C20H36IN5O2. The summed E-state index contributed by atoms with van der Waals surface area (Å²) >= 11 is 0. The number of guanidine groups is 1. The van der Waals surface area contributed by atoms with E-state index in [1.807, 2.05) is 11.8 Å². The minimum absolute atomic E-state index is 0. The second-order valence-corrected chi connectivity index (χ2v) is 8.08. The molecule has 3 rings (SSSR count). The normalized spacial score (nSPS) is 23.1. The van der Waals surface area contributed by atoms with Gasteiger partial charge in [0.05, 0.1) is 6.54 Å². The van der Waals surface area contributed by atoms with Crippen LogP contribution in [0.5, 0.6) is 0 Å². The van der Waals surface area contributed by atoms with Gasteiger partial charge in [0.25, 0.3) is 0 Å². The fourth-order valence-corrected chi connectivity index (χ4v) is 4.04. The van der Waals surface area contributed by atoms with Gasteiger partial charge in [-0.2, -0.15) is 0 Å². The zero-order valence-corrected chi connectivity index (χ0v) is 19.4. The third-order valence-corrected chi connectivity index (χ3v) is 5.77. The molecule has 8 heteroatoms. The third kappa shape index (κ3) is 7.08. The molecule has 2 amide bonds. The number of nitrogens with zero attached hydrogens (tertiary/aromatic N) is 2. The van der Waals surface area contributed by atoms with Crippen LogP contribution >= 0.6 is 24.0 Å². The van der Waals surface area contributed by atoms with Gasteiger partial charge in [-0.05, 0) is 39.0 Å². The summed E-state index contributed by atoms with van der Waals surface area (Å²) in [7, 11) is 0. The maximum atomic E-state index is 12.7. The lowest BCUT2D eigenvalue weighted by atomic mass is 9.88. The first-order valence-corrected chi connectivity index (χ1v) is 10.8. The van der Waals surface area contributed by atoms with Crippen LogP contribution in [0.1, 0.15) is 58.3 Å². The number of likely N-dealkylation sites (tertiary alicyclic amines) is 1. The smallest absolute Gasteiger partial charge is 0.225 e. The SMILES string of the molecule is CCNC(=NCCNC(=O)C1CC1)NC1CCN(C(=O)C2CCCCC2)C1.I. The Morgan fingerprint density at radius 1 is 1.00 bits per heavy atom. The Balaban J connectivity index is 0.00000280. The minimum atomic E-state index is 0. The first-order valence-electron chi connectivity index (χ1n) is 10.8. The summed E-state index contributed by atoms with van der Waals surface area (Å²) < 4.78 is 0. The first-order chi connectivity index (χ1) is 13.2. The van der Waals surface area contributed by atoms with Gasteiger partial charge in [-0.3, -0.25) is 14.6 Å². The van der Waals surface area contributed by atoms with E-state index in [2.05, 4.69) is 20.9 Å². The molecule has 3 N–H and O–H groups in total. The number of carbonyl (C=O) groups is 2. The number of carbonyl (C=O) groups excluding carboxylic acids is 2. The molecule has 0 spiro atoms. The van der Waals surface area contributed by atoms with Crippen molar-refractivity contribution in [1.82, 2.24) is 20.9 Å². The molecule has 1 atom stereocenters. The van der Waals surface area contributed by atoms with Crippen molar-refractivity contribution in [3.8, 4) is 0 Å². The lowest BCUT2D eigenvalue weighted by Crippen LogP contribution is -2.46. The van der Waals surface area contributed by atoms with E-state index in [0.29, 0.717) is 19.0 Å². The van der Waals surface area contributed by atoms with Crippen LogP contribution in [0.3, 0.4) is 0 Å². The monoisotopic (exact) mass is 505 g/mol. The van der Waals surface area contributed by atoms with Gasteiger partial charge < -0.3 is 20.9 Å². The Kier molecular flexibility index (Phi) is 9.81. The molecule has 1 saturated heterocycles. The molecule has 1 unspecified atom stereocenters. The second kappa shape index (κ2) is 11.8. The summed E-state index contributed by atoms with van der Waals surface area (Å²) in [5.74, 6) is 1.77. The van der Waals surface area contributed by atoms with E-state index in [1.54, 1.807) is 0 Å². The Bertz CT molecular complexity index is 547. The van der Waals surface area contributed by atoms with Gasteiger partial charge in [-0.25, -0.2) is 0 Å². The summed E-state index contributed by atoms with van der Waals surface area (Å²) in [5.41, 5.74) is 0. The molecule has 0 radical (unpaired) electrons. The van der Waals surface area contributed by atoms with E-state index in [0.717, 1.165) is 57.7 Å². The van der Waals surface area contributed by atoms with E-state index in [9.17, 15) is 9.59 Å². The number of amides is 2. The molecule has 1 heterocycles. The van der Waals surface area contributed by atoms with Crippen molar-refractivity contribution >= 4 is 41.8 Å². The van der Waals surface area contributed by atoms with E-state index in [-0.39, 0.29) is 47.8 Å². The number of rotatable bonds is 7. The maximum absolute atomic E-state index is 12.7. The standard InChI is InChI=1S/C20H35N5O2.HI/c1-2-21-20(23-12-11-22-18(26)15-8-9-15)24-17-10-13-25(14-17)19(27)16-6-4-3-5-7-16;/h15-17H,2-14H2,1H3,(H,22,26)(H2,21,23,24);1H. The molecule has 2 saturated carbocycles. The van der Waals surface area contributed by atoms with Crippen LogP contribution in [0, 0.1) is 11.8 Å². The summed E-state index contributed by atoms with van der Waals surface area (Å²) in [6.07, 6.45) is 8.79. The molecule has 0 aromatic heterocycles. The largest absolute Gasteiger partial charge is 0.357 e. The number of nitrogens with one attached hydrogen (secondary N) is 3. The number of aliphatic imine (C=N–C) groups is 1. The molecule has 1 aliphatic heterocycles. The fourth-order valence-electron chi connectivity index (χ4n) is 4.04. The molecule has 0 bridgehead atoms. The van der Waals surface area contributed by atoms with Crippen LogP contribution in [-0.4, -0.2) is 61.4 Å². The Morgan fingerprint density at radius 2 is 1.75 bits per heavy atom. The van der Waals surface area contributed by atoms with Crippen LogP contribution in [0.15, 0.2) is 4.99 Å². The van der Waals surface area contributed by atoms with Crippen molar-refractivity contribution in [2.24, 2.45) is 16.8 Å². The molecule has 3 fully saturated rings. The fraction of sp³-hybridized carbons (Fsp3) is 0.850. The van der Waals surface area contributed by atoms with E-state index < -0.39 is 0 Å². The Morgan fingerprint density at radius 3 is 2.43 bits per heavy atom. The highest BCUT2D eigenvalue weighted by Gasteiger charge is 2.32. The van der Waals surface area contributed by atoms with Gasteiger partial charge in [0.2, 0.25) is 11.8 Å². The topological polar surface area (TPSA) is 85.8 Å². The molecule has 2 aliphatic carbocycles. The van der Waals surface area contributed by atoms with Gasteiger partial charge in [0, 0.05) is 44.1 Å². The van der Waals surface area contributed by atoms with Crippen molar-refractivity contribution in [2.75, 3.05) is 32.7 Å². The average molecular weight is 505 g/mol. The number of hydrogen-bond donors (Lipinski definition) is 3. The van der Waals surface area contributed by atoms with Gasteiger partial charge in [0.15, 0.2) is 5.96 Å². The first kappa shape index (κ1) is 23.2. The highest BCUT2D eigenvalue weighted by molar-refractivity contribution is 14.0. The van der Waals surface area contributed by atoms with Crippen molar-refractivity contribution in [3.05, 3.63) is 0 Å². The predicted molar refractivity (Wildman–Crippen MR) is 122 cm³/mol. The lowest BCUT2D eigenvalue weighted by molar-refractivity contribution is -0.135. The highest BCUT2D eigenvalue weighted by Crippen LogP contribution is 2.28. The van der Waals surface area contributed by atoms with Crippen molar-refractivity contribution in [1.29, 1.82) is 0 Å². The van der Waals surface area contributed by atoms with Crippen molar-refractivity contribution in [2.45, 2.75) is 64.3 Å². The molecule has 0 aromatic rings. The van der Waals surface area contributed by atoms with Crippen LogP contribution in [0.4, 0.5) is 0 Å². The average Bonchev–Trinajstić information content (AvgIpc) is 3.44. The third-order valence-electron chi connectivity index (χ3n) is 5.77. The van der Waals surface area contributed by atoms with Crippen molar-refractivity contribution < 1.29 is 9.59 Å². The second-order valence-electron chi connectivity index (χ2n) is 8.08. The van der Waals surface area contributed by atoms with Crippen molar-refractivity contribution in [3.63, 3.8) is 0 Å². The molecule has 3 aliphatic rings. The van der Waals surface area contributed by atoms with Crippen LogP contribution in [0.25, 0.3) is 0 Å². The molecule has 28 heavy (non-hydrogen) atoms. The number of halogens is 1. The van der Waals surface area contributed by atoms with Crippen LogP contribution < -0.4 is 16.0 Å². The quantitative estimate of drug-likeness (QED) is 0.214. The van der Waals surface area contributed by atoms with Crippen LogP contribution in [-0.2, 0) is 9.59 Å². The summed E-state index contributed by atoms with van der Waals surface area (Å²) in [4.78, 5) is 31.0. The zero-order chi connectivity index (χ0) is 19.1. The molecule has 160 valence electrons. The zero-order valence-electron chi connectivity index (χ0n) is 17.0. The van der Waals surface area contributed by atoms with Gasteiger partial charge in [-0.15, -0.1) is 24.0 Å². The lowest BCUT2D eigenvalue weighted by Gasteiger charge is -2.26. The minimum Gasteiger partial charge on any atom is -0.357 e. The van der Waals surface area contributed by atoms with Gasteiger partial charge in [-0.1, -0.05) is 19.3 Å². The summed E-state index contributed by atoms with van der Waals surface area (Å²) in [5, 5.41) is 9.66. The molecule has 7 nitrogen and oxygen atoms in total. The van der Waals surface area contributed by atoms with E-state index in [4.69, 9.17) is 0 Å². The highest BCUT2D eigenvalue weighted by atomic mass is 127. The van der Waals surface area contributed by atoms with Gasteiger partial charge >= 0.3 is 0 Å². The Hall–Kier alpha value is -1.06. The predicted octanol–water partition coefficient (Wildman–Crippen LogP) is 1.87.